The lowest BCUT2D eigenvalue weighted by atomic mass is 10.1. The molecule has 0 bridgehead atoms. The molecule has 8 nitrogen and oxygen atoms in total. The number of halogens is 1. The predicted octanol–water partition coefficient (Wildman–Crippen LogP) is 2.71. The van der Waals surface area contributed by atoms with Gasteiger partial charge in [-0.25, -0.2) is 9.97 Å². The third kappa shape index (κ3) is 5.24. The van der Waals surface area contributed by atoms with Gasteiger partial charge in [-0.1, -0.05) is 25.4 Å². The molecule has 0 spiro atoms. The summed E-state index contributed by atoms with van der Waals surface area (Å²) in [4.78, 5) is 43.4. The molecule has 0 aliphatic carbocycles. The molecule has 0 aliphatic heterocycles. The summed E-state index contributed by atoms with van der Waals surface area (Å²) in [7, 11) is 0. The van der Waals surface area contributed by atoms with E-state index in [2.05, 4.69) is 20.6 Å². The second-order valence-electron chi connectivity index (χ2n) is 6.14. The zero-order chi connectivity index (χ0) is 20.1. The van der Waals surface area contributed by atoms with E-state index in [0.717, 1.165) is 0 Å². The number of benzene rings is 1. The SMILES string of the molecule is CC(NC(=O)c1ccc(NC(=O)c2nc(C(C)C)ncc2Cl)cc1)C(=O)O. The van der Waals surface area contributed by atoms with Crippen LogP contribution in [0.5, 0.6) is 0 Å². The Morgan fingerprint density at radius 3 is 2.26 bits per heavy atom. The number of anilines is 1. The van der Waals surface area contributed by atoms with Gasteiger partial charge in [-0.3, -0.25) is 14.4 Å². The van der Waals surface area contributed by atoms with Crippen molar-refractivity contribution in [1.82, 2.24) is 15.3 Å². The maximum absolute atomic E-state index is 12.4. The number of carbonyl (C=O) groups excluding carboxylic acids is 2. The maximum atomic E-state index is 12.4. The van der Waals surface area contributed by atoms with Gasteiger partial charge in [0.2, 0.25) is 0 Å². The molecule has 0 saturated carbocycles. The Morgan fingerprint density at radius 2 is 1.70 bits per heavy atom. The summed E-state index contributed by atoms with van der Waals surface area (Å²) in [6.45, 7) is 5.17. The van der Waals surface area contributed by atoms with E-state index in [1.165, 1.54) is 37.4 Å². The number of amides is 2. The minimum absolute atomic E-state index is 0.0415. The molecule has 1 aromatic heterocycles. The molecule has 142 valence electrons. The average molecular weight is 391 g/mol. The fourth-order valence-electron chi connectivity index (χ4n) is 2.06. The lowest BCUT2D eigenvalue weighted by Crippen LogP contribution is -2.38. The van der Waals surface area contributed by atoms with Gasteiger partial charge in [-0.2, -0.15) is 0 Å². The van der Waals surface area contributed by atoms with E-state index in [1.807, 2.05) is 13.8 Å². The van der Waals surface area contributed by atoms with Gasteiger partial charge >= 0.3 is 5.97 Å². The number of aromatic nitrogens is 2. The average Bonchev–Trinajstić information content (AvgIpc) is 2.62. The number of nitrogens with one attached hydrogen (secondary N) is 2. The quantitative estimate of drug-likeness (QED) is 0.697. The van der Waals surface area contributed by atoms with Crippen LogP contribution in [0, 0.1) is 0 Å². The molecule has 2 rings (SSSR count). The van der Waals surface area contributed by atoms with Gasteiger partial charge in [-0.15, -0.1) is 0 Å². The van der Waals surface area contributed by atoms with E-state index in [-0.39, 0.29) is 22.2 Å². The molecule has 27 heavy (non-hydrogen) atoms. The second kappa shape index (κ2) is 8.59. The van der Waals surface area contributed by atoms with Crippen LogP contribution in [0.3, 0.4) is 0 Å². The minimum atomic E-state index is -1.13. The third-order valence-corrected chi connectivity index (χ3v) is 3.89. The van der Waals surface area contributed by atoms with E-state index in [1.54, 1.807) is 0 Å². The van der Waals surface area contributed by atoms with Crippen LogP contribution in [0.1, 0.15) is 53.4 Å². The topological polar surface area (TPSA) is 121 Å². The minimum Gasteiger partial charge on any atom is -0.480 e. The smallest absolute Gasteiger partial charge is 0.325 e. The van der Waals surface area contributed by atoms with E-state index in [4.69, 9.17) is 16.7 Å². The van der Waals surface area contributed by atoms with Crippen LogP contribution in [0.25, 0.3) is 0 Å². The third-order valence-electron chi connectivity index (χ3n) is 3.62. The number of carboxylic acid groups (broad SMARTS) is 1. The van der Waals surface area contributed by atoms with Crippen LogP contribution in [0.4, 0.5) is 5.69 Å². The number of carbonyl (C=O) groups is 3. The highest BCUT2D eigenvalue weighted by Crippen LogP contribution is 2.18. The standard InChI is InChI=1S/C18H19ClN4O4/c1-9(2)15-20-8-13(19)14(23-15)17(25)22-12-6-4-11(5-7-12)16(24)21-10(3)18(26)27/h4-10H,1-3H3,(H,21,24)(H,22,25)(H,26,27). The van der Waals surface area contributed by atoms with Crippen molar-refractivity contribution in [3.63, 3.8) is 0 Å². The van der Waals surface area contributed by atoms with Crippen LogP contribution in [-0.4, -0.2) is 38.9 Å². The van der Waals surface area contributed by atoms with Crippen molar-refractivity contribution in [2.75, 3.05) is 5.32 Å². The second-order valence-corrected chi connectivity index (χ2v) is 6.55. The molecule has 2 amide bonds. The molecule has 2 aromatic rings. The fraction of sp³-hybridized carbons (Fsp3) is 0.278. The Hall–Kier alpha value is -3.00. The largest absolute Gasteiger partial charge is 0.480 e. The molecule has 0 radical (unpaired) electrons. The van der Waals surface area contributed by atoms with E-state index in [9.17, 15) is 14.4 Å². The molecule has 9 heteroatoms. The van der Waals surface area contributed by atoms with Crippen LogP contribution in [-0.2, 0) is 4.79 Å². The molecule has 1 unspecified atom stereocenters. The van der Waals surface area contributed by atoms with Gasteiger partial charge in [0.05, 0.1) is 11.2 Å². The van der Waals surface area contributed by atoms with Gasteiger partial charge in [0, 0.05) is 17.2 Å². The van der Waals surface area contributed by atoms with E-state index < -0.39 is 23.8 Å². The molecule has 1 heterocycles. The molecule has 0 saturated heterocycles. The van der Waals surface area contributed by atoms with Crippen molar-refractivity contribution < 1.29 is 19.5 Å². The Balaban J connectivity index is 2.10. The number of nitrogens with zero attached hydrogens (tertiary/aromatic N) is 2. The van der Waals surface area contributed by atoms with Gasteiger partial charge in [0.25, 0.3) is 11.8 Å². The maximum Gasteiger partial charge on any atom is 0.325 e. The number of hydrogen-bond acceptors (Lipinski definition) is 5. The van der Waals surface area contributed by atoms with E-state index >= 15 is 0 Å². The zero-order valence-corrected chi connectivity index (χ0v) is 15.7. The Bertz CT molecular complexity index is 868. The van der Waals surface area contributed by atoms with Gasteiger partial charge in [-0.05, 0) is 31.2 Å². The molecule has 1 aromatic carbocycles. The molecular formula is C18H19ClN4O4. The summed E-state index contributed by atoms with van der Waals surface area (Å²) in [5.41, 5.74) is 0.763. The summed E-state index contributed by atoms with van der Waals surface area (Å²) in [6.07, 6.45) is 1.38. The van der Waals surface area contributed by atoms with Crippen molar-refractivity contribution in [3.8, 4) is 0 Å². The number of carboxylic acids is 1. The normalized spacial score (nSPS) is 11.7. The van der Waals surface area contributed by atoms with Gasteiger partial charge in [0.15, 0.2) is 5.69 Å². The first-order valence-corrected chi connectivity index (χ1v) is 8.54. The highest BCUT2D eigenvalue weighted by atomic mass is 35.5. The Morgan fingerprint density at radius 1 is 1.07 bits per heavy atom. The number of aliphatic carboxylic acids is 1. The van der Waals surface area contributed by atoms with Crippen molar-refractivity contribution in [1.29, 1.82) is 0 Å². The van der Waals surface area contributed by atoms with Crippen molar-refractivity contribution in [3.05, 3.63) is 52.6 Å². The molecule has 3 N–H and O–H groups in total. The summed E-state index contributed by atoms with van der Waals surface area (Å²) < 4.78 is 0. The van der Waals surface area contributed by atoms with E-state index in [0.29, 0.717) is 11.5 Å². The highest BCUT2D eigenvalue weighted by molar-refractivity contribution is 6.33. The first-order chi connectivity index (χ1) is 12.7. The van der Waals surface area contributed by atoms with Crippen molar-refractivity contribution in [2.45, 2.75) is 32.7 Å². The van der Waals surface area contributed by atoms with Crippen LogP contribution in [0.2, 0.25) is 5.02 Å². The summed E-state index contributed by atoms with van der Waals surface area (Å²) in [5.74, 6) is -1.61. The zero-order valence-electron chi connectivity index (χ0n) is 15.0. The lowest BCUT2D eigenvalue weighted by Gasteiger charge is -2.11. The Labute approximate surface area is 161 Å². The van der Waals surface area contributed by atoms with Crippen molar-refractivity contribution in [2.24, 2.45) is 0 Å². The van der Waals surface area contributed by atoms with Gasteiger partial charge in [0.1, 0.15) is 11.9 Å². The van der Waals surface area contributed by atoms with Crippen LogP contribution in [0.15, 0.2) is 30.5 Å². The van der Waals surface area contributed by atoms with Gasteiger partial charge < -0.3 is 15.7 Å². The monoisotopic (exact) mass is 390 g/mol. The van der Waals surface area contributed by atoms with Crippen molar-refractivity contribution >= 4 is 35.1 Å². The summed E-state index contributed by atoms with van der Waals surface area (Å²) >= 11 is 6.02. The molecule has 1 atom stereocenters. The first kappa shape index (κ1) is 20.3. The summed E-state index contributed by atoms with van der Waals surface area (Å²) in [5, 5.41) is 14.0. The summed E-state index contributed by atoms with van der Waals surface area (Å²) in [6, 6.07) is 4.99. The molecular weight excluding hydrogens is 372 g/mol. The fourth-order valence-corrected chi connectivity index (χ4v) is 2.23. The lowest BCUT2D eigenvalue weighted by molar-refractivity contribution is -0.138. The number of hydrogen-bond donors (Lipinski definition) is 3. The Kier molecular flexibility index (Phi) is 6.46. The molecule has 0 aliphatic rings. The predicted molar refractivity (Wildman–Crippen MR) is 100 cm³/mol. The first-order valence-electron chi connectivity index (χ1n) is 8.16. The van der Waals surface area contributed by atoms with Crippen LogP contribution < -0.4 is 10.6 Å². The number of rotatable bonds is 6. The highest BCUT2D eigenvalue weighted by Gasteiger charge is 2.17. The molecule has 0 fully saturated rings. The van der Waals surface area contributed by atoms with Crippen LogP contribution >= 0.6 is 11.6 Å².